The molecule has 0 heterocycles. The normalized spacial score (nSPS) is 13.7. The van der Waals surface area contributed by atoms with E-state index in [1.165, 1.54) is 0 Å². The number of oxime groups is 1. The molecule has 0 radical (unpaired) electrons. The number of methoxy groups -OCH3 is 1. The van der Waals surface area contributed by atoms with Gasteiger partial charge in [-0.25, -0.2) is 0 Å². The molecular weight excluding hydrogens is 238 g/mol. The molecule has 0 saturated heterocycles. The van der Waals surface area contributed by atoms with Gasteiger partial charge in [0.1, 0.15) is 5.92 Å². The Labute approximate surface area is 107 Å². The summed E-state index contributed by atoms with van der Waals surface area (Å²) in [6, 6.07) is 0. The number of ether oxygens (including phenoxy) is 2. The molecule has 1 amide bonds. The molecule has 1 atom stereocenters. The summed E-state index contributed by atoms with van der Waals surface area (Å²) in [5, 5.41) is 14.2. The van der Waals surface area contributed by atoms with E-state index in [0.29, 0.717) is 26.4 Å². The zero-order chi connectivity index (χ0) is 14.0. The summed E-state index contributed by atoms with van der Waals surface area (Å²) in [7, 11) is 1.59. The third kappa shape index (κ3) is 6.41. The number of carbonyl (C=O) groups excluding carboxylic acids is 1. The Balaban J connectivity index is 3.98. The molecule has 1 unspecified atom stereocenters. The Kier molecular flexibility index (Phi) is 8.95. The maximum Gasteiger partial charge on any atom is 0.231 e. The van der Waals surface area contributed by atoms with Crippen LogP contribution in [0.2, 0.25) is 0 Å². The fourth-order valence-corrected chi connectivity index (χ4v) is 1.44. The second-order valence-electron chi connectivity index (χ2n) is 4.14. The summed E-state index contributed by atoms with van der Waals surface area (Å²) < 4.78 is 10.0. The number of nitrogens with zero attached hydrogens (tertiary/aromatic N) is 1. The highest BCUT2D eigenvalue weighted by atomic mass is 16.5. The largest absolute Gasteiger partial charge is 0.409 e. The van der Waals surface area contributed by atoms with E-state index in [1.807, 2.05) is 13.8 Å². The predicted octanol–water partition coefficient (Wildman–Crippen LogP) is -0.216. The zero-order valence-electron chi connectivity index (χ0n) is 11.2. The van der Waals surface area contributed by atoms with Crippen molar-refractivity contribution in [1.29, 1.82) is 0 Å². The van der Waals surface area contributed by atoms with Gasteiger partial charge in [-0.15, -0.1) is 0 Å². The highest BCUT2D eigenvalue weighted by Gasteiger charge is 2.26. The number of nitrogens with one attached hydrogen (secondary N) is 1. The van der Waals surface area contributed by atoms with E-state index in [4.69, 9.17) is 20.4 Å². The van der Waals surface area contributed by atoms with Crippen LogP contribution in [0.25, 0.3) is 0 Å². The number of hydrogen-bond acceptors (Lipinski definition) is 5. The second-order valence-corrected chi connectivity index (χ2v) is 4.14. The Hall–Kier alpha value is -1.34. The molecule has 4 N–H and O–H groups in total. The van der Waals surface area contributed by atoms with E-state index in [2.05, 4.69) is 10.5 Å². The fraction of sp³-hybridized carbons (Fsp3) is 0.818. The second kappa shape index (κ2) is 9.67. The van der Waals surface area contributed by atoms with E-state index in [9.17, 15) is 4.79 Å². The highest BCUT2D eigenvalue weighted by molar-refractivity contribution is 6.02. The van der Waals surface area contributed by atoms with Crippen molar-refractivity contribution in [3.05, 3.63) is 0 Å². The molecule has 7 nitrogen and oxygen atoms in total. The lowest BCUT2D eigenvalue weighted by atomic mass is 9.94. The van der Waals surface area contributed by atoms with Gasteiger partial charge in [-0.05, 0) is 5.92 Å². The maximum absolute atomic E-state index is 11.8. The van der Waals surface area contributed by atoms with Gasteiger partial charge in [-0.1, -0.05) is 19.0 Å². The van der Waals surface area contributed by atoms with E-state index in [1.54, 1.807) is 7.11 Å². The number of amides is 1. The molecule has 0 aliphatic rings. The van der Waals surface area contributed by atoms with Gasteiger partial charge in [0.25, 0.3) is 0 Å². The molecule has 0 aromatic rings. The smallest absolute Gasteiger partial charge is 0.231 e. The molecule has 0 fully saturated rings. The lowest BCUT2D eigenvalue weighted by Gasteiger charge is -2.18. The van der Waals surface area contributed by atoms with E-state index in [-0.39, 0.29) is 17.7 Å². The van der Waals surface area contributed by atoms with Crippen LogP contribution in [0.3, 0.4) is 0 Å². The predicted molar refractivity (Wildman–Crippen MR) is 67.4 cm³/mol. The van der Waals surface area contributed by atoms with E-state index in [0.717, 1.165) is 0 Å². The van der Waals surface area contributed by atoms with Crippen LogP contribution in [0.1, 0.15) is 13.8 Å². The molecular formula is C11H23N3O4. The van der Waals surface area contributed by atoms with Crippen molar-refractivity contribution < 1.29 is 19.5 Å². The van der Waals surface area contributed by atoms with Crippen molar-refractivity contribution in [2.45, 2.75) is 13.8 Å². The lowest BCUT2D eigenvalue weighted by Crippen LogP contribution is -2.42. The first kappa shape index (κ1) is 16.7. The van der Waals surface area contributed by atoms with E-state index < -0.39 is 5.92 Å². The van der Waals surface area contributed by atoms with Gasteiger partial charge in [0.05, 0.1) is 19.8 Å². The van der Waals surface area contributed by atoms with Crippen LogP contribution >= 0.6 is 0 Å². The Morgan fingerprint density at radius 1 is 1.39 bits per heavy atom. The Morgan fingerprint density at radius 2 is 2.06 bits per heavy atom. The Morgan fingerprint density at radius 3 is 2.56 bits per heavy atom. The van der Waals surface area contributed by atoms with Crippen molar-refractivity contribution in [3.8, 4) is 0 Å². The molecule has 0 saturated carbocycles. The number of hydrogen-bond donors (Lipinski definition) is 3. The van der Waals surface area contributed by atoms with Crippen molar-refractivity contribution in [2.75, 3.05) is 33.5 Å². The van der Waals surface area contributed by atoms with Gasteiger partial charge in [0.2, 0.25) is 5.91 Å². The quantitative estimate of drug-likeness (QED) is 0.175. The molecule has 0 spiro atoms. The van der Waals surface area contributed by atoms with Crippen LogP contribution in [0.15, 0.2) is 5.16 Å². The van der Waals surface area contributed by atoms with Crippen LogP contribution in [0, 0.1) is 11.8 Å². The van der Waals surface area contributed by atoms with Crippen LogP contribution in [-0.4, -0.2) is 50.4 Å². The SMILES string of the molecule is COCCOCCNC(=O)C(C(N)=NO)C(C)C. The first-order chi connectivity index (χ1) is 8.54. The number of nitrogens with two attached hydrogens (primary N) is 1. The summed E-state index contributed by atoms with van der Waals surface area (Å²) in [5.41, 5.74) is 5.48. The summed E-state index contributed by atoms with van der Waals surface area (Å²) in [4.78, 5) is 11.8. The topological polar surface area (TPSA) is 106 Å². The molecule has 7 heteroatoms. The summed E-state index contributed by atoms with van der Waals surface area (Å²) >= 11 is 0. The molecule has 0 aromatic carbocycles. The number of amidine groups is 1. The molecule has 0 rings (SSSR count). The number of carbonyl (C=O) groups is 1. The average molecular weight is 261 g/mol. The monoisotopic (exact) mass is 261 g/mol. The minimum atomic E-state index is -0.631. The van der Waals surface area contributed by atoms with Gasteiger partial charge in [0.15, 0.2) is 5.84 Å². The zero-order valence-corrected chi connectivity index (χ0v) is 11.2. The van der Waals surface area contributed by atoms with Crippen molar-refractivity contribution in [3.63, 3.8) is 0 Å². The van der Waals surface area contributed by atoms with Crippen LogP contribution in [0.4, 0.5) is 0 Å². The van der Waals surface area contributed by atoms with E-state index >= 15 is 0 Å². The van der Waals surface area contributed by atoms with Crippen LogP contribution in [0.5, 0.6) is 0 Å². The minimum Gasteiger partial charge on any atom is -0.409 e. The molecule has 0 aromatic heterocycles. The third-order valence-electron chi connectivity index (χ3n) is 2.36. The summed E-state index contributed by atoms with van der Waals surface area (Å²) in [6.45, 7) is 5.45. The third-order valence-corrected chi connectivity index (χ3v) is 2.36. The van der Waals surface area contributed by atoms with Gasteiger partial charge in [-0.2, -0.15) is 0 Å². The summed E-state index contributed by atoms with van der Waals surface area (Å²) in [5.74, 6) is -1.03. The van der Waals surface area contributed by atoms with Crippen molar-refractivity contribution >= 4 is 11.7 Å². The van der Waals surface area contributed by atoms with Gasteiger partial charge < -0.3 is 25.7 Å². The summed E-state index contributed by atoms with van der Waals surface area (Å²) in [6.07, 6.45) is 0. The van der Waals surface area contributed by atoms with Crippen LogP contribution in [-0.2, 0) is 14.3 Å². The molecule has 106 valence electrons. The lowest BCUT2D eigenvalue weighted by molar-refractivity contribution is -0.124. The van der Waals surface area contributed by atoms with Gasteiger partial charge in [0, 0.05) is 13.7 Å². The first-order valence-electron chi connectivity index (χ1n) is 5.86. The van der Waals surface area contributed by atoms with Crippen molar-refractivity contribution in [1.82, 2.24) is 5.32 Å². The number of rotatable bonds is 9. The average Bonchev–Trinajstić information content (AvgIpc) is 2.33. The maximum atomic E-state index is 11.8. The molecule has 0 aliphatic heterocycles. The Bertz CT molecular complexity index is 269. The highest BCUT2D eigenvalue weighted by Crippen LogP contribution is 2.10. The van der Waals surface area contributed by atoms with Crippen molar-refractivity contribution in [2.24, 2.45) is 22.7 Å². The van der Waals surface area contributed by atoms with Crippen LogP contribution < -0.4 is 11.1 Å². The fourth-order valence-electron chi connectivity index (χ4n) is 1.44. The van der Waals surface area contributed by atoms with Gasteiger partial charge >= 0.3 is 0 Å². The molecule has 18 heavy (non-hydrogen) atoms. The standard InChI is InChI=1S/C11H23N3O4/c1-8(2)9(10(12)14-16)11(15)13-4-5-18-7-6-17-3/h8-9,16H,4-7H2,1-3H3,(H2,12,14)(H,13,15). The van der Waals surface area contributed by atoms with Gasteiger partial charge in [-0.3, -0.25) is 4.79 Å². The molecule has 0 bridgehead atoms. The first-order valence-corrected chi connectivity index (χ1v) is 5.86. The molecule has 0 aliphatic carbocycles. The minimum absolute atomic E-state index is 0.0460.